The second-order valence-corrected chi connectivity index (χ2v) is 4.84. The van der Waals surface area contributed by atoms with Crippen LogP contribution in [0.2, 0.25) is 0 Å². The lowest BCUT2D eigenvalue weighted by atomic mass is 10.1. The molecule has 1 heterocycles. The molecule has 1 aromatic rings. The zero-order valence-corrected chi connectivity index (χ0v) is 11.0. The number of nitro groups is 1. The summed E-state index contributed by atoms with van der Waals surface area (Å²) in [6.07, 6.45) is 2.14. The van der Waals surface area contributed by atoms with E-state index in [4.69, 9.17) is 0 Å². The Morgan fingerprint density at radius 1 is 1.53 bits per heavy atom. The van der Waals surface area contributed by atoms with Gasteiger partial charge in [-0.25, -0.2) is 0 Å². The third-order valence-electron chi connectivity index (χ3n) is 3.17. The van der Waals surface area contributed by atoms with Crippen LogP contribution in [0.5, 0.6) is 0 Å². The number of benzene rings is 1. The average molecular weight is 263 g/mol. The number of fused-ring (bicyclic) bond motifs is 1. The van der Waals surface area contributed by atoms with Crippen molar-refractivity contribution >= 4 is 23.0 Å². The maximum atomic E-state index is 11.3. The molecule has 2 N–H and O–H groups in total. The summed E-state index contributed by atoms with van der Waals surface area (Å²) in [7, 11) is 0. The van der Waals surface area contributed by atoms with Crippen LogP contribution in [0.15, 0.2) is 12.1 Å². The van der Waals surface area contributed by atoms with E-state index in [1.807, 2.05) is 6.92 Å². The summed E-state index contributed by atoms with van der Waals surface area (Å²) in [5, 5.41) is 17.0. The van der Waals surface area contributed by atoms with Crippen LogP contribution in [-0.2, 0) is 11.2 Å². The molecule has 1 aromatic carbocycles. The predicted molar refractivity (Wildman–Crippen MR) is 73.4 cm³/mol. The second-order valence-electron chi connectivity index (χ2n) is 4.84. The molecule has 19 heavy (non-hydrogen) atoms. The van der Waals surface area contributed by atoms with Gasteiger partial charge in [-0.3, -0.25) is 14.9 Å². The van der Waals surface area contributed by atoms with Crippen molar-refractivity contribution < 1.29 is 9.72 Å². The van der Waals surface area contributed by atoms with Crippen molar-refractivity contribution in [3.05, 3.63) is 27.8 Å². The van der Waals surface area contributed by atoms with E-state index in [-0.39, 0.29) is 24.1 Å². The van der Waals surface area contributed by atoms with Gasteiger partial charge >= 0.3 is 0 Å². The summed E-state index contributed by atoms with van der Waals surface area (Å²) >= 11 is 0. The van der Waals surface area contributed by atoms with Crippen LogP contribution in [0.3, 0.4) is 0 Å². The first-order valence-corrected chi connectivity index (χ1v) is 6.39. The van der Waals surface area contributed by atoms with Crippen LogP contribution in [-0.4, -0.2) is 16.9 Å². The first-order valence-electron chi connectivity index (χ1n) is 6.39. The molecule has 1 unspecified atom stereocenters. The molecule has 102 valence electrons. The van der Waals surface area contributed by atoms with Crippen LogP contribution in [0, 0.1) is 10.1 Å². The predicted octanol–water partition coefficient (Wildman–Crippen LogP) is 2.69. The van der Waals surface area contributed by atoms with Gasteiger partial charge in [0.15, 0.2) is 0 Å². The monoisotopic (exact) mass is 263 g/mol. The number of nitro benzene ring substituents is 1. The van der Waals surface area contributed by atoms with Gasteiger partial charge in [0.05, 0.1) is 11.3 Å². The highest BCUT2D eigenvalue weighted by molar-refractivity contribution is 6.00. The SMILES string of the molecule is CCCC(C)Nc1cc2c(cc1[N+](=O)[O-])CC(=O)N2. The van der Waals surface area contributed by atoms with E-state index in [0.717, 1.165) is 12.8 Å². The fourth-order valence-electron chi connectivity index (χ4n) is 2.30. The number of anilines is 2. The Hall–Kier alpha value is -2.11. The number of carbonyl (C=O) groups excluding carboxylic acids is 1. The molecule has 0 spiro atoms. The summed E-state index contributed by atoms with van der Waals surface area (Å²) in [4.78, 5) is 22.0. The topological polar surface area (TPSA) is 84.3 Å². The average Bonchev–Trinajstić information content (AvgIpc) is 2.67. The highest BCUT2D eigenvalue weighted by Gasteiger charge is 2.24. The van der Waals surface area contributed by atoms with Gasteiger partial charge in [0.1, 0.15) is 5.69 Å². The highest BCUT2D eigenvalue weighted by atomic mass is 16.6. The van der Waals surface area contributed by atoms with E-state index < -0.39 is 4.92 Å². The molecule has 0 saturated carbocycles. The van der Waals surface area contributed by atoms with Crippen LogP contribution in [0.25, 0.3) is 0 Å². The molecule has 6 heteroatoms. The number of hydrogen-bond acceptors (Lipinski definition) is 4. The number of rotatable bonds is 5. The maximum Gasteiger partial charge on any atom is 0.292 e. The number of carbonyl (C=O) groups is 1. The summed E-state index contributed by atoms with van der Waals surface area (Å²) in [6, 6.07) is 3.29. The first-order chi connectivity index (χ1) is 9.01. The van der Waals surface area contributed by atoms with E-state index in [9.17, 15) is 14.9 Å². The molecule has 1 aliphatic rings. The minimum absolute atomic E-state index is 0.0261. The first kappa shape index (κ1) is 13.3. The minimum Gasteiger partial charge on any atom is -0.377 e. The fraction of sp³-hybridized carbons (Fsp3) is 0.462. The molecular formula is C13H17N3O3. The van der Waals surface area contributed by atoms with E-state index in [1.165, 1.54) is 6.07 Å². The molecule has 6 nitrogen and oxygen atoms in total. The van der Waals surface area contributed by atoms with Crippen LogP contribution in [0.1, 0.15) is 32.3 Å². The summed E-state index contributed by atoms with van der Waals surface area (Å²) in [5.41, 5.74) is 1.84. The van der Waals surface area contributed by atoms with Crippen molar-refractivity contribution in [1.29, 1.82) is 0 Å². The Morgan fingerprint density at radius 2 is 2.26 bits per heavy atom. The van der Waals surface area contributed by atoms with Gasteiger partial charge in [-0.05, 0) is 25.0 Å². The van der Waals surface area contributed by atoms with Crippen molar-refractivity contribution in [2.24, 2.45) is 0 Å². The molecule has 1 aliphatic heterocycles. The van der Waals surface area contributed by atoms with E-state index in [0.29, 0.717) is 16.9 Å². The molecule has 2 rings (SSSR count). The Kier molecular flexibility index (Phi) is 3.69. The van der Waals surface area contributed by atoms with Gasteiger partial charge in [-0.15, -0.1) is 0 Å². The van der Waals surface area contributed by atoms with E-state index >= 15 is 0 Å². The van der Waals surface area contributed by atoms with Gasteiger partial charge in [0.25, 0.3) is 5.69 Å². The summed E-state index contributed by atoms with van der Waals surface area (Å²) < 4.78 is 0. The smallest absolute Gasteiger partial charge is 0.292 e. The quantitative estimate of drug-likeness (QED) is 0.632. The standard InChI is InChI=1S/C13H17N3O3/c1-3-4-8(2)14-11-7-10-9(6-13(17)15-10)5-12(11)16(18)19/h5,7-8,14H,3-4,6H2,1-2H3,(H,15,17). The molecule has 1 amide bonds. The fourth-order valence-corrected chi connectivity index (χ4v) is 2.30. The molecule has 0 aliphatic carbocycles. The summed E-state index contributed by atoms with van der Waals surface area (Å²) in [6.45, 7) is 4.05. The summed E-state index contributed by atoms with van der Waals surface area (Å²) in [5.74, 6) is -0.122. The van der Waals surface area contributed by atoms with Crippen molar-refractivity contribution in [3.8, 4) is 0 Å². The second kappa shape index (κ2) is 5.26. The zero-order chi connectivity index (χ0) is 14.0. The molecule has 0 saturated heterocycles. The lowest BCUT2D eigenvalue weighted by Crippen LogP contribution is -2.15. The van der Waals surface area contributed by atoms with Crippen molar-refractivity contribution in [1.82, 2.24) is 0 Å². The Bertz CT molecular complexity index is 528. The number of amides is 1. The molecule has 1 atom stereocenters. The molecule has 0 fully saturated rings. The Labute approximate surface area is 111 Å². The normalized spacial score (nSPS) is 14.7. The lowest BCUT2D eigenvalue weighted by molar-refractivity contribution is -0.384. The third-order valence-corrected chi connectivity index (χ3v) is 3.17. The van der Waals surface area contributed by atoms with Crippen LogP contribution < -0.4 is 10.6 Å². The minimum atomic E-state index is -0.413. The van der Waals surface area contributed by atoms with Gasteiger partial charge in [0.2, 0.25) is 5.91 Å². The van der Waals surface area contributed by atoms with Gasteiger partial charge in [0, 0.05) is 17.8 Å². The van der Waals surface area contributed by atoms with Gasteiger partial charge in [-0.1, -0.05) is 13.3 Å². The lowest BCUT2D eigenvalue weighted by Gasteiger charge is -2.15. The largest absolute Gasteiger partial charge is 0.377 e. The molecular weight excluding hydrogens is 246 g/mol. The highest BCUT2D eigenvalue weighted by Crippen LogP contribution is 2.35. The Morgan fingerprint density at radius 3 is 2.89 bits per heavy atom. The third kappa shape index (κ3) is 2.83. The van der Waals surface area contributed by atoms with Gasteiger partial charge < -0.3 is 10.6 Å². The molecule has 0 aromatic heterocycles. The zero-order valence-electron chi connectivity index (χ0n) is 11.0. The van der Waals surface area contributed by atoms with Crippen molar-refractivity contribution in [2.75, 3.05) is 10.6 Å². The van der Waals surface area contributed by atoms with E-state index in [1.54, 1.807) is 6.07 Å². The number of nitrogens with zero attached hydrogens (tertiary/aromatic N) is 1. The number of hydrogen-bond donors (Lipinski definition) is 2. The van der Waals surface area contributed by atoms with Gasteiger partial charge in [-0.2, -0.15) is 0 Å². The van der Waals surface area contributed by atoms with Crippen molar-refractivity contribution in [2.45, 2.75) is 39.2 Å². The number of nitrogens with one attached hydrogen (secondary N) is 2. The van der Waals surface area contributed by atoms with Crippen LogP contribution >= 0.6 is 0 Å². The maximum absolute atomic E-state index is 11.3. The van der Waals surface area contributed by atoms with E-state index in [2.05, 4.69) is 17.6 Å². The Balaban J connectivity index is 2.33. The van der Waals surface area contributed by atoms with Crippen molar-refractivity contribution in [3.63, 3.8) is 0 Å². The van der Waals surface area contributed by atoms with Crippen LogP contribution in [0.4, 0.5) is 17.1 Å². The molecule has 0 radical (unpaired) electrons. The molecule has 0 bridgehead atoms.